The highest BCUT2D eigenvalue weighted by Crippen LogP contribution is 2.31. The molecule has 0 aliphatic carbocycles. The van der Waals surface area contributed by atoms with Crippen LogP contribution in [0.4, 0.5) is 5.69 Å². The third kappa shape index (κ3) is 2.89. The van der Waals surface area contributed by atoms with Crippen molar-refractivity contribution in [3.05, 3.63) is 75.8 Å². The van der Waals surface area contributed by atoms with Crippen molar-refractivity contribution in [1.82, 2.24) is 5.01 Å². The van der Waals surface area contributed by atoms with Gasteiger partial charge in [0.25, 0.3) is 5.69 Å². The summed E-state index contributed by atoms with van der Waals surface area (Å²) in [5.74, 6) is -0.00950. The van der Waals surface area contributed by atoms with Crippen LogP contribution in [0.3, 0.4) is 0 Å². The smallest absolute Gasteiger partial charge is 0.269 e. The molecule has 0 unspecified atom stereocenters. The van der Waals surface area contributed by atoms with E-state index in [2.05, 4.69) is 5.10 Å². The molecule has 7 nitrogen and oxygen atoms in total. The van der Waals surface area contributed by atoms with Crippen LogP contribution in [0.2, 0.25) is 0 Å². The molecule has 0 N–H and O–H groups in total. The summed E-state index contributed by atoms with van der Waals surface area (Å²) in [5, 5.41) is 16.3. The molecule has 0 spiro atoms. The van der Waals surface area contributed by atoms with Crippen LogP contribution in [0.5, 0.6) is 0 Å². The normalized spacial score (nSPS) is 16.7. The number of benzene rings is 2. The number of amides is 1. The number of ether oxygens (including phenoxy) is 1. The molecule has 1 aliphatic rings. The van der Waals surface area contributed by atoms with Crippen molar-refractivity contribution in [1.29, 1.82) is 0 Å². The van der Waals surface area contributed by atoms with Crippen molar-refractivity contribution in [2.75, 3.05) is 0 Å². The predicted octanol–water partition coefficient (Wildman–Crippen LogP) is 2.83. The van der Waals surface area contributed by atoms with E-state index in [0.717, 1.165) is 5.56 Å². The standard InChI is InChI=1S/C16H13N3O4/c1-11(20)18-16(13-8-5-9-14(10-13)19(21)22)23-15(17-18)12-6-3-2-4-7-12/h2-10,16H,1H3/t16-/m1/s1. The van der Waals surface area contributed by atoms with Crippen LogP contribution < -0.4 is 0 Å². The minimum atomic E-state index is -0.817. The number of rotatable bonds is 3. The van der Waals surface area contributed by atoms with Crippen LogP contribution in [0.1, 0.15) is 24.3 Å². The number of hydrazone groups is 1. The van der Waals surface area contributed by atoms with Gasteiger partial charge in [0.05, 0.1) is 4.92 Å². The van der Waals surface area contributed by atoms with Crippen LogP contribution in [-0.4, -0.2) is 21.7 Å². The second-order valence-electron chi connectivity index (χ2n) is 4.96. The van der Waals surface area contributed by atoms with Crippen molar-refractivity contribution in [2.24, 2.45) is 5.10 Å². The fourth-order valence-corrected chi connectivity index (χ4v) is 2.27. The summed E-state index contributed by atoms with van der Waals surface area (Å²) in [5.41, 5.74) is 1.15. The van der Waals surface area contributed by atoms with Gasteiger partial charge in [-0.25, -0.2) is 0 Å². The molecule has 2 aromatic carbocycles. The van der Waals surface area contributed by atoms with Gasteiger partial charge in [0.1, 0.15) is 0 Å². The Labute approximate surface area is 131 Å². The molecule has 0 saturated heterocycles. The van der Waals surface area contributed by atoms with Crippen LogP contribution in [-0.2, 0) is 9.53 Å². The van der Waals surface area contributed by atoms with Gasteiger partial charge in [-0.2, -0.15) is 5.01 Å². The minimum absolute atomic E-state index is 0.0669. The van der Waals surface area contributed by atoms with Crippen molar-refractivity contribution in [2.45, 2.75) is 13.2 Å². The Balaban J connectivity index is 1.96. The van der Waals surface area contributed by atoms with Gasteiger partial charge in [-0.3, -0.25) is 14.9 Å². The van der Waals surface area contributed by atoms with E-state index in [9.17, 15) is 14.9 Å². The summed E-state index contributed by atoms with van der Waals surface area (Å²) in [4.78, 5) is 22.3. The fraction of sp³-hybridized carbons (Fsp3) is 0.125. The van der Waals surface area contributed by atoms with E-state index in [4.69, 9.17) is 4.74 Å². The lowest BCUT2D eigenvalue weighted by Crippen LogP contribution is -2.25. The van der Waals surface area contributed by atoms with E-state index in [1.54, 1.807) is 12.1 Å². The number of hydrogen-bond donors (Lipinski definition) is 0. The van der Waals surface area contributed by atoms with Gasteiger partial charge in [-0.15, -0.1) is 5.10 Å². The van der Waals surface area contributed by atoms with Gasteiger partial charge >= 0.3 is 0 Å². The van der Waals surface area contributed by atoms with E-state index < -0.39 is 11.2 Å². The van der Waals surface area contributed by atoms with Crippen LogP contribution in [0.25, 0.3) is 0 Å². The number of carbonyl (C=O) groups excluding carboxylic acids is 1. The molecule has 0 bridgehead atoms. The molecule has 3 rings (SSSR count). The Kier molecular flexibility index (Phi) is 3.76. The van der Waals surface area contributed by atoms with Gasteiger partial charge in [-0.1, -0.05) is 30.3 Å². The largest absolute Gasteiger partial charge is 0.446 e. The molecule has 116 valence electrons. The quantitative estimate of drug-likeness (QED) is 0.644. The molecule has 7 heteroatoms. The number of hydrogen-bond acceptors (Lipinski definition) is 5. The highest BCUT2D eigenvalue weighted by atomic mass is 16.6. The molecule has 1 aliphatic heterocycles. The highest BCUT2D eigenvalue weighted by Gasteiger charge is 2.33. The lowest BCUT2D eigenvalue weighted by atomic mass is 10.1. The van der Waals surface area contributed by atoms with Crippen LogP contribution in [0, 0.1) is 10.1 Å². The number of carbonyl (C=O) groups is 1. The zero-order chi connectivity index (χ0) is 16.4. The monoisotopic (exact) mass is 311 g/mol. The van der Waals surface area contributed by atoms with Crippen molar-refractivity contribution < 1.29 is 14.5 Å². The first-order chi connectivity index (χ1) is 11.1. The lowest BCUT2D eigenvalue weighted by Gasteiger charge is -2.19. The van der Waals surface area contributed by atoms with E-state index in [1.807, 2.05) is 30.3 Å². The average Bonchev–Trinajstić information content (AvgIpc) is 3.01. The maximum Gasteiger partial charge on any atom is 0.269 e. The maximum atomic E-state index is 11.8. The number of nitrogens with zero attached hydrogens (tertiary/aromatic N) is 3. The van der Waals surface area contributed by atoms with Crippen molar-refractivity contribution in [3.8, 4) is 0 Å². The summed E-state index contributed by atoms with van der Waals surface area (Å²) in [6.45, 7) is 1.37. The van der Waals surface area contributed by atoms with Crippen molar-refractivity contribution in [3.63, 3.8) is 0 Å². The van der Waals surface area contributed by atoms with Crippen LogP contribution >= 0.6 is 0 Å². The number of nitro groups is 1. The predicted molar refractivity (Wildman–Crippen MR) is 82.4 cm³/mol. The zero-order valence-electron chi connectivity index (χ0n) is 12.2. The molecule has 23 heavy (non-hydrogen) atoms. The number of non-ortho nitro benzene ring substituents is 1. The minimum Gasteiger partial charge on any atom is -0.446 e. The highest BCUT2D eigenvalue weighted by molar-refractivity contribution is 5.96. The Morgan fingerprint density at radius 1 is 1.22 bits per heavy atom. The van der Waals surface area contributed by atoms with E-state index in [-0.39, 0.29) is 11.6 Å². The molecule has 2 aromatic rings. The van der Waals surface area contributed by atoms with Gasteiger partial charge in [-0.05, 0) is 12.1 Å². The fourth-order valence-electron chi connectivity index (χ4n) is 2.27. The summed E-state index contributed by atoms with van der Waals surface area (Å²) < 4.78 is 5.77. The first kappa shape index (κ1) is 14.7. The SMILES string of the molecule is CC(=O)N1N=C(c2ccccc2)O[C@@H]1c1cccc([N+](=O)[O-])c1. The summed E-state index contributed by atoms with van der Waals surface area (Å²) in [6, 6.07) is 15.1. The van der Waals surface area contributed by atoms with E-state index in [1.165, 1.54) is 24.1 Å². The lowest BCUT2D eigenvalue weighted by molar-refractivity contribution is -0.385. The second kappa shape index (κ2) is 5.88. The maximum absolute atomic E-state index is 11.8. The average molecular weight is 311 g/mol. The molecule has 0 radical (unpaired) electrons. The molecule has 0 fully saturated rings. The molecule has 0 aromatic heterocycles. The number of nitro benzene ring substituents is 1. The third-order valence-corrected chi connectivity index (χ3v) is 3.35. The molecule has 0 saturated carbocycles. The summed E-state index contributed by atoms with van der Waals surface area (Å²) in [7, 11) is 0. The molecular weight excluding hydrogens is 298 g/mol. The first-order valence-corrected chi connectivity index (χ1v) is 6.91. The summed E-state index contributed by atoms with van der Waals surface area (Å²) in [6.07, 6.45) is -0.817. The molecule has 1 heterocycles. The summed E-state index contributed by atoms with van der Waals surface area (Å²) >= 11 is 0. The molecule has 1 atom stereocenters. The second-order valence-corrected chi connectivity index (χ2v) is 4.96. The Morgan fingerprint density at radius 2 is 1.96 bits per heavy atom. The van der Waals surface area contributed by atoms with Crippen molar-refractivity contribution >= 4 is 17.5 Å². The zero-order valence-corrected chi connectivity index (χ0v) is 12.2. The van der Waals surface area contributed by atoms with E-state index in [0.29, 0.717) is 11.5 Å². The Morgan fingerprint density at radius 3 is 2.61 bits per heavy atom. The Bertz CT molecular complexity index is 789. The van der Waals surface area contributed by atoms with Crippen LogP contribution in [0.15, 0.2) is 59.7 Å². The van der Waals surface area contributed by atoms with E-state index >= 15 is 0 Å². The molecular formula is C16H13N3O4. The van der Waals surface area contributed by atoms with Gasteiger partial charge in [0.2, 0.25) is 18.0 Å². The first-order valence-electron chi connectivity index (χ1n) is 6.91. The molecule has 1 amide bonds. The topological polar surface area (TPSA) is 85.0 Å². The third-order valence-electron chi connectivity index (χ3n) is 3.35. The van der Waals surface area contributed by atoms with Gasteiger partial charge < -0.3 is 4.74 Å². The Hall–Kier alpha value is -3.22. The van der Waals surface area contributed by atoms with Gasteiger partial charge in [0, 0.05) is 30.2 Å². The van der Waals surface area contributed by atoms with Gasteiger partial charge in [0.15, 0.2) is 0 Å².